The molecule has 2 aliphatic heterocycles. The zero-order chi connectivity index (χ0) is 24.2. The van der Waals surface area contributed by atoms with Crippen LogP contribution in [0.15, 0.2) is 82.6 Å². The summed E-state index contributed by atoms with van der Waals surface area (Å²) in [5, 5.41) is 9.40. The first-order chi connectivity index (χ1) is 17.1. The van der Waals surface area contributed by atoms with Crippen molar-refractivity contribution < 1.29 is 19.1 Å². The van der Waals surface area contributed by atoms with Gasteiger partial charge in [0.1, 0.15) is 12.7 Å². The van der Waals surface area contributed by atoms with Gasteiger partial charge in [0.05, 0.1) is 11.1 Å². The van der Waals surface area contributed by atoms with E-state index in [1.54, 1.807) is 21.9 Å². The number of piperazine rings is 1. The summed E-state index contributed by atoms with van der Waals surface area (Å²) in [7, 11) is 0. The maximum Gasteiger partial charge on any atom is 0.267 e. The Kier molecular flexibility index (Phi) is 6.59. The van der Waals surface area contributed by atoms with Gasteiger partial charge < -0.3 is 19.3 Å². The van der Waals surface area contributed by atoms with Gasteiger partial charge in [0.25, 0.3) is 11.8 Å². The Bertz CT molecular complexity index is 1300. The van der Waals surface area contributed by atoms with Gasteiger partial charge >= 0.3 is 0 Å². The van der Waals surface area contributed by atoms with Crippen molar-refractivity contribution in [1.29, 1.82) is 5.26 Å². The monoisotopic (exact) mass is 485 g/mol. The van der Waals surface area contributed by atoms with Crippen LogP contribution in [0.2, 0.25) is 0 Å². The highest BCUT2D eigenvalue weighted by atomic mass is 32.2. The van der Waals surface area contributed by atoms with Crippen molar-refractivity contribution in [2.24, 2.45) is 0 Å². The normalized spacial score (nSPS) is 16.9. The first kappa shape index (κ1) is 22.8. The largest absolute Gasteiger partial charge is 0.485 e. The van der Waals surface area contributed by atoms with Crippen LogP contribution < -0.4 is 9.47 Å². The molecule has 1 saturated heterocycles. The lowest BCUT2D eigenvalue weighted by Crippen LogP contribution is -2.55. The minimum atomic E-state index is -0.690. The molecule has 0 aromatic heterocycles. The standard InChI is InChI=1S/C27H23N3O4S/c28-17-19-7-1-5-11-24(19)35-25-12-6-2-8-20(25)26(31)29-13-15-30(16-14-29)27(32)23-18-33-21-9-3-4-10-22(21)34-23/h1-12,23H,13-16,18H2. The van der Waals surface area contributed by atoms with Crippen molar-refractivity contribution in [3.05, 3.63) is 83.9 Å². The summed E-state index contributed by atoms with van der Waals surface area (Å²) in [6.07, 6.45) is -0.690. The molecule has 2 amide bonds. The van der Waals surface area contributed by atoms with Gasteiger partial charge in [0.2, 0.25) is 6.10 Å². The Morgan fingerprint density at radius 2 is 1.46 bits per heavy atom. The van der Waals surface area contributed by atoms with Crippen LogP contribution in [0.5, 0.6) is 11.5 Å². The number of benzene rings is 3. The molecule has 5 rings (SSSR count). The van der Waals surface area contributed by atoms with Crippen LogP contribution in [-0.2, 0) is 4.79 Å². The fraction of sp³-hybridized carbons (Fsp3) is 0.222. The number of nitrogens with zero attached hydrogens (tertiary/aromatic N) is 3. The van der Waals surface area contributed by atoms with Crippen molar-refractivity contribution in [2.45, 2.75) is 15.9 Å². The number of rotatable bonds is 4. The lowest BCUT2D eigenvalue weighted by atomic mass is 10.1. The molecule has 3 aromatic carbocycles. The molecule has 1 atom stereocenters. The number of amides is 2. The highest BCUT2D eigenvalue weighted by Gasteiger charge is 2.33. The molecule has 0 radical (unpaired) electrons. The van der Waals surface area contributed by atoms with E-state index in [0.717, 1.165) is 9.79 Å². The minimum absolute atomic E-state index is 0.0826. The molecular formula is C27H23N3O4S. The van der Waals surface area contributed by atoms with Crippen molar-refractivity contribution in [1.82, 2.24) is 9.80 Å². The van der Waals surface area contributed by atoms with E-state index in [-0.39, 0.29) is 18.4 Å². The Morgan fingerprint density at radius 1 is 0.829 bits per heavy atom. The molecule has 176 valence electrons. The van der Waals surface area contributed by atoms with E-state index < -0.39 is 6.10 Å². The predicted octanol–water partition coefficient (Wildman–Crippen LogP) is 3.83. The van der Waals surface area contributed by atoms with Crippen LogP contribution >= 0.6 is 11.8 Å². The van der Waals surface area contributed by atoms with E-state index >= 15 is 0 Å². The summed E-state index contributed by atoms with van der Waals surface area (Å²) >= 11 is 1.41. The summed E-state index contributed by atoms with van der Waals surface area (Å²) in [6, 6.07) is 24.3. The van der Waals surface area contributed by atoms with Crippen LogP contribution in [0.3, 0.4) is 0 Å². The van der Waals surface area contributed by atoms with Crippen LogP contribution in [0.4, 0.5) is 0 Å². The summed E-state index contributed by atoms with van der Waals surface area (Å²) in [5.41, 5.74) is 1.16. The molecule has 35 heavy (non-hydrogen) atoms. The molecule has 2 aliphatic rings. The third kappa shape index (κ3) is 4.81. The molecule has 0 aliphatic carbocycles. The van der Waals surface area contributed by atoms with Gasteiger partial charge in [-0.05, 0) is 36.4 Å². The number of hydrogen-bond acceptors (Lipinski definition) is 6. The van der Waals surface area contributed by atoms with Gasteiger partial charge in [0, 0.05) is 36.0 Å². The van der Waals surface area contributed by atoms with E-state index in [0.29, 0.717) is 48.8 Å². The number of carbonyl (C=O) groups is 2. The van der Waals surface area contributed by atoms with Gasteiger partial charge in [-0.25, -0.2) is 0 Å². The number of carbonyl (C=O) groups excluding carboxylic acids is 2. The predicted molar refractivity (Wildman–Crippen MR) is 131 cm³/mol. The lowest BCUT2D eigenvalue weighted by Gasteiger charge is -2.37. The molecule has 0 bridgehead atoms. The smallest absolute Gasteiger partial charge is 0.267 e. The average Bonchev–Trinajstić information content (AvgIpc) is 2.92. The van der Waals surface area contributed by atoms with Crippen molar-refractivity contribution >= 4 is 23.6 Å². The quantitative estimate of drug-likeness (QED) is 0.559. The van der Waals surface area contributed by atoms with Crippen molar-refractivity contribution in [3.8, 4) is 17.6 Å². The second-order valence-corrected chi connectivity index (χ2v) is 9.27. The number of para-hydroxylation sites is 2. The Hall–Kier alpha value is -3.96. The fourth-order valence-corrected chi connectivity index (χ4v) is 5.16. The molecule has 2 heterocycles. The first-order valence-electron chi connectivity index (χ1n) is 11.4. The highest BCUT2D eigenvalue weighted by Crippen LogP contribution is 2.34. The number of nitriles is 1. The highest BCUT2D eigenvalue weighted by molar-refractivity contribution is 7.99. The summed E-state index contributed by atoms with van der Waals surface area (Å²) < 4.78 is 11.5. The lowest BCUT2D eigenvalue weighted by molar-refractivity contribution is -0.142. The third-order valence-corrected chi connectivity index (χ3v) is 7.16. The van der Waals surface area contributed by atoms with E-state index in [2.05, 4.69) is 6.07 Å². The molecule has 8 heteroatoms. The number of ether oxygens (including phenoxy) is 2. The maximum atomic E-state index is 13.4. The molecule has 1 fully saturated rings. The maximum absolute atomic E-state index is 13.4. The van der Waals surface area contributed by atoms with Crippen LogP contribution in [0, 0.1) is 11.3 Å². The third-order valence-electron chi connectivity index (χ3n) is 6.01. The summed E-state index contributed by atoms with van der Waals surface area (Å²) in [5.74, 6) is 0.996. The Balaban J connectivity index is 1.23. The SMILES string of the molecule is N#Cc1ccccc1Sc1ccccc1C(=O)N1CCN(C(=O)C2COc3ccccc3O2)CC1. The molecule has 0 saturated carbocycles. The van der Waals surface area contributed by atoms with Crippen LogP contribution in [-0.4, -0.2) is 60.5 Å². The molecule has 7 nitrogen and oxygen atoms in total. The second-order valence-electron chi connectivity index (χ2n) is 8.19. The van der Waals surface area contributed by atoms with Gasteiger partial charge in [0.15, 0.2) is 11.5 Å². The molecular weight excluding hydrogens is 462 g/mol. The van der Waals surface area contributed by atoms with Gasteiger partial charge in [-0.3, -0.25) is 9.59 Å². The van der Waals surface area contributed by atoms with Gasteiger partial charge in [-0.2, -0.15) is 5.26 Å². The zero-order valence-electron chi connectivity index (χ0n) is 18.9. The molecule has 3 aromatic rings. The minimum Gasteiger partial charge on any atom is -0.485 e. The van der Waals surface area contributed by atoms with Crippen molar-refractivity contribution in [3.63, 3.8) is 0 Å². The van der Waals surface area contributed by atoms with Crippen LogP contribution in [0.1, 0.15) is 15.9 Å². The number of fused-ring (bicyclic) bond motifs is 1. The summed E-state index contributed by atoms with van der Waals surface area (Å²) in [6.45, 7) is 1.89. The first-order valence-corrected chi connectivity index (χ1v) is 12.2. The zero-order valence-corrected chi connectivity index (χ0v) is 19.7. The number of hydrogen-bond donors (Lipinski definition) is 0. The van der Waals surface area contributed by atoms with Gasteiger partial charge in [-0.1, -0.05) is 48.2 Å². The fourth-order valence-electron chi connectivity index (χ4n) is 4.14. The Labute approximate surface area is 207 Å². The Morgan fingerprint density at radius 3 is 2.23 bits per heavy atom. The average molecular weight is 486 g/mol. The van der Waals surface area contributed by atoms with E-state index in [9.17, 15) is 14.9 Å². The van der Waals surface area contributed by atoms with Crippen molar-refractivity contribution in [2.75, 3.05) is 32.8 Å². The van der Waals surface area contributed by atoms with E-state index in [4.69, 9.17) is 9.47 Å². The van der Waals surface area contributed by atoms with Gasteiger partial charge in [-0.15, -0.1) is 0 Å². The topological polar surface area (TPSA) is 82.9 Å². The molecule has 1 unspecified atom stereocenters. The van der Waals surface area contributed by atoms with E-state index in [1.807, 2.05) is 60.7 Å². The van der Waals surface area contributed by atoms with Crippen LogP contribution in [0.25, 0.3) is 0 Å². The second kappa shape index (κ2) is 10.1. The molecule has 0 spiro atoms. The molecule has 0 N–H and O–H groups in total. The van der Waals surface area contributed by atoms with E-state index in [1.165, 1.54) is 11.8 Å². The summed E-state index contributed by atoms with van der Waals surface area (Å²) in [4.78, 5) is 31.5.